The molecule has 1 aliphatic rings. The lowest BCUT2D eigenvalue weighted by atomic mass is 9.77. The Morgan fingerprint density at radius 2 is 1.52 bits per heavy atom. The van der Waals surface area contributed by atoms with Crippen molar-refractivity contribution >= 4 is 0 Å². The van der Waals surface area contributed by atoms with Gasteiger partial charge in [-0.3, -0.25) is 0 Å². The zero-order valence-electron chi connectivity index (χ0n) is 16.6. The summed E-state index contributed by atoms with van der Waals surface area (Å²) >= 11 is 0. The number of unbranched alkanes of at least 4 members (excludes halogenated alkanes) is 1. The summed E-state index contributed by atoms with van der Waals surface area (Å²) < 4.78 is 19.4. The maximum Gasteiger partial charge on any atom is 0.124 e. The van der Waals surface area contributed by atoms with E-state index in [1.807, 2.05) is 6.07 Å². The Morgan fingerprint density at radius 1 is 0.889 bits per heavy atom. The molecule has 146 valence electrons. The summed E-state index contributed by atoms with van der Waals surface area (Å²) in [5.74, 6) is 2.31. The van der Waals surface area contributed by atoms with E-state index in [0.29, 0.717) is 0 Å². The largest absolute Gasteiger partial charge is 0.486 e. The van der Waals surface area contributed by atoms with Crippen molar-refractivity contribution in [3.05, 3.63) is 66.0 Å². The van der Waals surface area contributed by atoms with Crippen LogP contribution < -0.4 is 4.74 Å². The van der Waals surface area contributed by atoms with E-state index in [0.717, 1.165) is 24.0 Å². The summed E-state index contributed by atoms with van der Waals surface area (Å²) in [6.07, 6.45) is 11.9. The van der Waals surface area contributed by atoms with Gasteiger partial charge in [-0.05, 0) is 54.5 Å². The van der Waals surface area contributed by atoms with Crippen LogP contribution in [-0.4, -0.2) is 0 Å². The predicted molar refractivity (Wildman–Crippen MR) is 110 cm³/mol. The molecule has 2 aromatic carbocycles. The molecule has 0 spiro atoms. The number of hydrogen-bond acceptors (Lipinski definition) is 1. The Balaban J connectivity index is 1.55. The van der Waals surface area contributed by atoms with Crippen LogP contribution in [0.4, 0.5) is 4.39 Å². The van der Waals surface area contributed by atoms with Gasteiger partial charge in [0.2, 0.25) is 0 Å². The Labute approximate surface area is 164 Å². The van der Waals surface area contributed by atoms with Crippen molar-refractivity contribution in [1.29, 1.82) is 0 Å². The highest BCUT2D eigenvalue weighted by Crippen LogP contribution is 2.36. The van der Waals surface area contributed by atoms with Gasteiger partial charge in [-0.15, -0.1) is 0 Å². The molecular formula is C25H33FO. The minimum absolute atomic E-state index is 0.0366. The summed E-state index contributed by atoms with van der Waals surface area (Å²) in [6, 6.07) is 16.8. The second-order valence-electron chi connectivity index (χ2n) is 8.08. The highest BCUT2D eigenvalue weighted by molar-refractivity contribution is 5.25. The van der Waals surface area contributed by atoms with Crippen LogP contribution in [0.1, 0.15) is 76.4 Å². The van der Waals surface area contributed by atoms with Crippen LogP contribution in [0.25, 0.3) is 0 Å². The van der Waals surface area contributed by atoms with E-state index in [1.165, 1.54) is 69.1 Å². The minimum Gasteiger partial charge on any atom is -0.486 e. The molecule has 1 aliphatic carbocycles. The third-order valence-electron chi connectivity index (χ3n) is 6.03. The summed E-state index contributed by atoms with van der Waals surface area (Å²) in [4.78, 5) is 0. The molecule has 0 heterocycles. The molecule has 0 aromatic heterocycles. The van der Waals surface area contributed by atoms with Gasteiger partial charge in [0, 0.05) is 0 Å². The Hall–Kier alpha value is -1.83. The molecule has 1 atom stereocenters. The molecule has 3 rings (SSSR count). The monoisotopic (exact) mass is 368 g/mol. The van der Waals surface area contributed by atoms with Gasteiger partial charge < -0.3 is 4.74 Å². The second-order valence-corrected chi connectivity index (χ2v) is 8.08. The molecular weight excluding hydrogens is 335 g/mol. The van der Waals surface area contributed by atoms with Crippen molar-refractivity contribution < 1.29 is 9.13 Å². The van der Waals surface area contributed by atoms with E-state index in [4.69, 9.17) is 4.74 Å². The first-order valence-electron chi connectivity index (χ1n) is 10.7. The zero-order chi connectivity index (χ0) is 18.9. The number of rotatable bonds is 9. The SMILES string of the molecule is CCCCC1CCC(CCC(Oc2ccc(F)cc2)c2ccccc2)CC1. The molecule has 2 heteroatoms. The quantitative estimate of drug-likeness (QED) is 0.440. The van der Waals surface area contributed by atoms with Gasteiger partial charge in [0.1, 0.15) is 17.7 Å². The maximum atomic E-state index is 13.2. The van der Waals surface area contributed by atoms with Crippen molar-refractivity contribution in [3.8, 4) is 5.75 Å². The van der Waals surface area contributed by atoms with E-state index < -0.39 is 0 Å². The van der Waals surface area contributed by atoms with Gasteiger partial charge in [0.15, 0.2) is 0 Å². The number of hydrogen-bond donors (Lipinski definition) is 0. The van der Waals surface area contributed by atoms with Crippen molar-refractivity contribution in [1.82, 2.24) is 0 Å². The van der Waals surface area contributed by atoms with Gasteiger partial charge in [-0.2, -0.15) is 0 Å². The maximum absolute atomic E-state index is 13.2. The second kappa shape index (κ2) is 10.5. The van der Waals surface area contributed by atoms with E-state index in [-0.39, 0.29) is 11.9 Å². The van der Waals surface area contributed by atoms with Gasteiger partial charge in [0.05, 0.1) is 0 Å². The fourth-order valence-corrected chi connectivity index (χ4v) is 4.33. The van der Waals surface area contributed by atoms with Crippen LogP contribution >= 0.6 is 0 Å². The van der Waals surface area contributed by atoms with E-state index in [1.54, 1.807) is 12.1 Å². The third kappa shape index (κ3) is 6.37. The first kappa shape index (κ1) is 19.9. The highest BCUT2D eigenvalue weighted by atomic mass is 19.1. The number of benzene rings is 2. The summed E-state index contributed by atoms with van der Waals surface area (Å²) in [6.45, 7) is 2.29. The van der Waals surface area contributed by atoms with Gasteiger partial charge >= 0.3 is 0 Å². The van der Waals surface area contributed by atoms with Crippen molar-refractivity contribution in [2.45, 2.75) is 70.8 Å². The van der Waals surface area contributed by atoms with Crippen LogP contribution in [0.5, 0.6) is 5.75 Å². The molecule has 1 fully saturated rings. The molecule has 1 unspecified atom stereocenters. The average Bonchev–Trinajstić information content (AvgIpc) is 2.72. The molecule has 27 heavy (non-hydrogen) atoms. The van der Waals surface area contributed by atoms with Crippen LogP contribution in [0.15, 0.2) is 54.6 Å². The topological polar surface area (TPSA) is 9.23 Å². The van der Waals surface area contributed by atoms with E-state index in [2.05, 4.69) is 31.2 Å². The molecule has 0 amide bonds. The van der Waals surface area contributed by atoms with Crippen molar-refractivity contribution in [3.63, 3.8) is 0 Å². The Kier molecular flexibility index (Phi) is 7.74. The zero-order valence-corrected chi connectivity index (χ0v) is 16.6. The van der Waals surface area contributed by atoms with Crippen LogP contribution in [0.3, 0.4) is 0 Å². The van der Waals surface area contributed by atoms with E-state index >= 15 is 0 Å². The third-order valence-corrected chi connectivity index (χ3v) is 6.03. The lowest BCUT2D eigenvalue weighted by Crippen LogP contribution is -2.16. The van der Waals surface area contributed by atoms with Crippen LogP contribution in [0.2, 0.25) is 0 Å². The number of ether oxygens (including phenoxy) is 1. The average molecular weight is 369 g/mol. The van der Waals surface area contributed by atoms with Gasteiger partial charge in [-0.25, -0.2) is 4.39 Å². The Bertz CT molecular complexity index is 644. The molecule has 0 bridgehead atoms. The highest BCUT2D eigenvalue weighted by Gasteiger charge is 2.23. The standard InChI is InChI=1S/C25H33FO/c1-2-3-7-20-10-12-21(13-11-20)14-19-25(22-8-5-4-6-9-22)27-24-17-15-23(26)16-18-24/h4-6,8-9,15-18,20-21,25H,2-3,7,10-14,19H2,1H3. The fourth-order valence-electron chi connectivity index (χ4n) is 4.33. The van der Waals surface area contributed by atoms with Crippen molar-refractivity contribution in [2.24, 2.45) is 11.8 Å². The van der Waals surface area contributed by atoms with Crippen LogP contribution in [-0.2, 0) is 0 Å². The van der Waals surface area contributed by atoms with E-state index in [9.17, 15) is 4.39 Å². The lowest BCUT2D eigenvalue weighted by Gasteiger charge is -2.30. The van der Waals surface area contributed by atoms with Crippen molar-refractivity contribution in [2.75, 3.05) is 0 Å². The molecule has 1 nitrogen and oxygen atoms in total. The predicted octanol–water partition coefficient (Wildman–Crippen LogP) is 7.72. The van der Waals surface area contributed by atoms with Gasteiger partial charge in [-0.1, -0.05) is 82.2 Å². The molecule has 0 saturated heterocycles. The molecule has 0 radical (unpaired) electrons. The fraction of sp³-hybridized carbons (Fsp3) is 0.520. The normalized spacial score (nSPS) is 21.0. The molecule has 0 aliphatic heterocycles. The summed E-state index contributed by atoms with van der Waals surface area (Å²) in [5.41, 5.74) is 1.21. The summed E-state index contributed by atoms with van der Waals surface area (Å²) in [5, 5.41) is 0. The Morgan fingerprint density at radius 3 is 2.15 bits per heavy atom. The summed E-state index contributed by atoms with van der Waals surface area (Å²) in [7, 11) is 0. The first-order valence-corrected chi connectivity index (χ1v) is 10.7. The molecule has 0 N–H and O–H groups in total. The minimum atomic E-state index is -0.224. The van der Waals surface area contributed by atoms with Crippen LogP contribution in [0, 0.1) is 17.7 Å². The smallest absolute Gasteiger partial charge is 0.124 e. The molecule has 2 aromatic rings. The molecule has 1 saturated carbocycles. The lowest BCUT2D eigenvalue weighted by molar-refractivity contribution is 0.167. The number of halogens is 1. The first-order chi connectivity index (χ1) is 13.2. The van der Waals surface area contributed by atoms with Gasteiger partial charge in [0.25, 0.3) is 0 Å².